The Hall–Kier alpha value is -0.520. The molecule has 0 aliphatic carbocycles. The van der Waals surface area contributed by atoms with E-state index in [-0.39, 0.29) is 11.9 Å². The van der Waals surface area contributed by atoms with Gasteiger partial charge in [-0.25, -0.2) is 0 Å². The number of nitrogens with one attached hydrogen (secondary N) is 1. The summed E-state index contributed by atoms with van der Waals surface area (Å²) in [6, 6.07) is 5.93. The summed E-state index contributed by atoms with van der Waals surface area (Å²) in [5.41, 5.74) is 0.974. The molecule has 0 spiro atoms. The number of fused-ring (bicyclic) bond motifs is 1. The van der Waals surface area contributed by atoms with Gasteiger partial charge in [-0.3, -0.25) is 4.79 Å². The number of carbonyl (C=O) groups is 1. The van der Waals surface area contributed by atoms with Gasteiger partial charge in [0.25, 0.3) is 0 Å². The van der Waals surface area contributed by atoms with Gasteiger partial charge in [0.2, 0.25) is 5.91 Å². The monoisotopic (exact) mass is 300 g/mol. The molecule has 0 saturated carbocycles. The molecule has 2 rings (SSSR count). The molecule has 1 N–H and O–H groups in total. The van der Waals surface area contributed by atoms with Crippen molar-refractivity contribution in [2.75, 3.05) is 24.7 Å². The van der Waals surface area contributed by atoms with E-state index in [1.807, 2.05) is 32.3 Å². The second-order valence-electron chi connectivity index (χ2n) is 3.66. The van der Waals surface area contributed by atoms with E-state index in [4.69, 9.17) is 0 Å². The third-order valence-corrected chi connectivity index (χ3v) is 4.31. The predicted molar refractivity (Wildman–Crippen MR) is 71.1 cm³/mol. The molecule has 1 heterocycles. The zero-order valence-electron chi connectivity index (χ0n) is 9.16. The van der Waals surface area contributed by atoms with Crippen molar-refractivity contribution in [1.82, 2.24) is 5.32 Å². The number of anilines is 1. The number of amides is 1. The lowest BCUT2D eigenvalue weighted by molar-refractivity contribution is -0.119. The summed E-state index contributed by atoms with van der Waals surface area (Å²) in [5.74, 6) is 0.890. The van der Waals surface area contributed by atoms with E-state index in [1.54, 1.807) is 16.7 Å². The number of likely N-dealkylation sites (N-methyl/N-ethyl adjacent to an activating group) is 2. The predicted octanol–water partition coefficient (Wildman–Crippen LogP) is 2.11. The molecule has 1 aromatic rings. The van der Waals surface area contributed by atoms with Gasteiger partial charge in [0, 0.05) is 22.2 Å². The SMILES string of the molecule is CN[C@H]1CSc2ccc(Br)cc2N(C)C1=O. The van der Waals surface area contributed by atoms with Gasteiger partial charge in [0.05, 0.1) is 11.7 Å². The quantitative estimate of drug-likeness (QED) is 0.862. The first kappa shape index (κ1) is 12.0. The Morgan fingerprint density at radius 1 is 1.56 bits per heavy atom. The van der Waals surface area contributed by atoms with Crippen LogP contribution in [0.4, 0.5) is 5.69 Å². The maximum atomic E-state index is 12.1. The van der Waals surface area contributed by atoms with Gasteiger partial charge in [-0.15, -0.1) is 11.8 Å². The molecule has 5 heteroatoms. The number of benzene rings is 1. The highest BCUT2D eigenvalue weighted by atomic mass is 79.9. The van der Waals surface area contributed by atoms with Crippen LogP contribution in [0.1, 0.15) is 0 Å². The van der Waals surface area contributed by atoms with Crippen LogP contribution in [0.5, 0.6) is 0 Å². The van der Waals surface area contributed by atoms with Gasteiger partial charge in [-0.1, -0.05) is 15.9 Å². The molecule has 0 aromatic heterocycles. The van der Waals surface area contributed by atoms with Gasteiger partial charge in [-0.05, 0) is 25.2 Å². The summed E-state index contributed by atoms with van der Waals surface area (Å²) in [5, 5.41) is 3.05. The van der Waals surface area contributed by atoms with Crippen LogP contribution in [0.2, 0.25) is 0 Å². The maximum absolute atomic E-state index is 12.1. The van der Waals surface area contributed by atoms with Gasteiger partial charge < -0.3 is 10.2 Å². The van der Waals surface area contributed by atoms with Crippen LogP contribution in [-0.4, -0.2) is 31.8 Å². The summed E-state index contributed by atoms with van der Waals surface area (Å²) in [6.07, 6.45) is 0. The third-order valence-electron chi connectivity index (χ3n) is 2.66. The minimum atomic E-state index is -0.110. The molecule has 1 aromatic carbocycles. The average molecular weight is 301 g/mol. The Balaban J connectivity index is 2.42. The summed E-state index contributed by atoms with van der Waals surface area (Å²) < 4.78 is 0.995. The van der Waals surface area contributed by atoms with Gasteiger partial charge in [0.15, 0.2) is 0 Å². The Labute approximate surface area is 108 Å². The zero-order valence-corrected chi connectivity index (χ0v) is 11.6. The number of hydrogen-bond acceptors (Lipinski definition) is 3. The van der Waals surface area contributed by atoms with Crippen LogP contribution in [0.3, 0.4) is 0 Å². The average Bonchev–Trinajstić information content (AvgIpc) is 2.40. The number of halogens is 1. The minimum Gasteiger partial charge on any atom is -0.313 e. The second kappa shape index (κ2) is 4.77. The van der Waals surface area contributed by atoms with Crippen molar-refractivity contribution in [2.24, 2.45) is 0 Å². The van der Waals surface area contributed by atoms with Crippen molar-refractivity contribution in [2.45, 2.75) is 10.9 Å². The second-order valence-corrected chi connectivity index (χ2v) is 5.64. The number of thioether (sulfide) groups is 1. The van der Waals surface area contributed by atoms with Crippen molar-refractivity contribution in [3.8, 4) is 0 Å². The molecule has 0 saturated heterocycles. The van der Waals surface area contributed by atoms with E-state index < -0.39 is 0 Å². The van der Waals surface area contributed by atoms with Crippen molar-refractivity contribution in [1.29, 1.82) is 0 Å². The minimum absolute atomic E-state index is 0.110. The first-order valence-electron chi connectivity index (χ1n) is 5.00. The Kier molecular flexibility index (Phi) is 3.56. The van der Waals surface area contributed by atoms with Crippen molar-refractivity contribution < 1.29 is 4.79 Å². The number of nitrogens with zero attached hydrogens (tertiary/aromatic N) is 1. The van der Waals surface area contributed by atoms with Crippen molar-refractivity contribution in [3.05, 3.63) is 22.7 Å². The lowest BCUT2D eigenvalue weighted by atomic mass is 10.2. The van der Waals surface area contributed by atoms with Crippen molar-refractivity contribution in [3.63, 3.8) is 0 Å². The van der Waals surface area contributed by atoms with Crippen molar-refractivity contribution >= 4 is 39.3 Å². The smallest absolute Gasteiger partial charge is 0.244 e. The fourth-order valence-electron chi connectivity index (χ4n) is 1.68. The zero-order chi connectivity index (χ0) is 11.7. The summed E-state index contributed by atoms with van der Waals surface area (Å²) in [7, 11) is 3.65. The number of hydrogen-bond donors (Lipinski definition) is 1. The Bertz CT molecular complexity index is 424. The van der Waals surface area contributed by atoms with E-state index >= 15 is 0 Å². The van der Waals surface area contributed by atoms with Gasteiger partial charge >= 0.3 is 0 Å². The molecular formula is C11H13BrN2OS. The molecule has 0 radical (unpaired) electrons. The van der Waals surface area contributed by atoms with Crippen LogP contribution in [-0.2, 0) is 4.79 Å². The summed E-state index contributed by atoms with van der Waals surface area (Å²) in [6.45, 7) is 0. The Morgan fingerprint density at radius 2 is 2.31 bits per heavy atom. The third kappa shape index (κ3) is 2.12. The lowest BCUT2D eigenvalue weighted by Crippen LogP contribution is -2.44. The molecule has 0 bridgehead atoms. The summed E-state index contributed by atoms with van der Waals surface area (Å²) >= 11 is 5.15. The van der Waals surface area contributed by atoms with Crippen LogP contribution in [0, 0.1) is 0 Å². The van der Waals surface area contributed by atoms with Gasteiger partial charge in [-0.2, -0.15) is 0 Å². The van der Waals surface area contributed by atoms with E-state index in [0.717, 1.165) is 20.8 Å². The first-order valence-corrected chi connectivity index (χ1v) is 6.78. The highest BCUT2D eigenvalue weighted by molar-refractivity contribution is 9.10. The number of rotatable bonds is 1. The molecule has 0 fully saturated rings. The van der Waals surface area contributed by atoms with Crippen LogP contribution >= 0.6 is 27.7 Å². The topological polar surface area (TPSA) is 32.3 Å². The highest BCUT2D eigenvalue weighted by Gasteiger charge is 2.27. The highest BCUT2D eigenvalue weighted by Crippen LogP contribution is 2.35. The molecular weight excluding hydrogens is 288 g/mol. The normalized spacial score (nSPS) is 20.6. The molecule has 3 nitrogen and oxygen atoms in total. The molecule has 16 heavy (non-hydrogen) atoms. The molecule has 0 unspecified atom stereocenters. The van der Waals surface area contributed by atoms with E-state index in [2.05, 4.69) is 21.2 Å². The molecule has 86 valence electrons. The fourth-order valence-corrected chi connectivity index (χ4v) is 3.19. The van der Waals surface area contributed by atoms with E-state index in [1.165, 1.54) is 0 Å². The molecule has 1 amide bonds. The van der Waals surface area contributed by atoms with Crippen LogP contribution < -0.4 is 10.2 Å². The van der Waals surface area contributed by atoms with E-state index in [9.17, 15) is 4.79 Å². The Morgan fingerprint density at radius 3 is 3.00 bits per heavy atom. The first-order chi connectivity index (χ1) is 7.63. The molecule has 1 atom stereocenters. The fraction of sp³-hybridized carbons (Fsp3) is 0.364. The van der Waals surface area contributed by atoms with Gasteiger partial charge in [0.1, 0.15) is 0 Å². The largest absolute Gasteiger partial charge is 0.313 e. The molecule has 1 aliphatic heterocycles. The number of carbonyl (C=O) groups excluding carboxylic acids is 1. The van der Waals surface area contributed by atoms with E-state index in [0.29, 0.717) is 0 Å². The van der Waals surface area contributed by atoms with Crippen LogP contribution in [0.15, 0.2) is 27.6 Å². The maximum Gasteiger partial charge on any atom is 0.244 e. The summed E-state index contributed by atoms with van der Waals surface area (Å²) in [4.78, 5) is 15.0. The standard InChI is InChI=1S/C11H13BrN2OS/c1-13-8-6-16-10-4-3-7(12)5-9(10)14(2)11(8)15/h3-5,8,13H,6H2,1-2H3/t8-/m0/s1. The van der Waals surface area contributed by atoms with Crippen LogP contribution in [0.25, 0.3) is 0 Å². The molecule has 1 aliphatic rings. The lowest BCUT2D eigenvalue weighted by Gasteiger charge is -2.20.